The molecule has 0 saturated heterocycles. The molecule has 7 heteroatoms. The first-order valence-corrected chi connectivity index (χ1v) is 4.52. The van der Waals surface area contributed by atoms with Gasteiger partial charge in [0, 0.05) is 5.69 Å². The Balaban J connectivity index is 0.000000171. The Morgan fingerprint density at radius 2 is 1.29 bits per heavy atom. The van der Waals surface area contributed by atoms with Crippen LogP contribution in [0.3, 0.4) is 0 Å². The summed E-state index contributed by atoms with van der Waals surface area (Å²) in [5, 5.41) is 0. The summed E-state index contributed by atoms with van der Waals surface area (Å²) < 4.78 is 35.1. The van der Waals surface area contributed by atoms with Crippen molar-refractivity contribution >= 4 is 5.69 Å². The van der Waals surface area contributed by atoms with E-state index in [2.05, 4.69) is 15.0 Å². The smallest absolute Gasteiger partial charge is 0.316 e. The van der Waals surface area contributed by atoms with E-state index >= 15 is 0 Å². The number of nitrogens with two attached hydrogens (primary N) is 1. The Morgan fingerprint density at radius 3 is 1.59 bits per heavy atom. The van der Waals surface area contributed by atoms with Crippen LogP contribution in [-0.4, -0.2) is 15.0 Å². The predicted octanol–water partition coefficient (Wildman–Crippen LogP) is 1.87. The summed E-state index contributed by atoms with van der Waals surface area (Å²) >= 11 is 0. The van der Waals surface area contributed by atoms with Crippen LogP contribution in [0.4, 0.5) is 18.9 Å². The number of benzene rings is 1. The fraction of sp³-hybridized carbons (Fsp3) is 0.100. The average Bonchev–Trinajstić information content (AvgIpc) is 2.21. The minimum Gasteiger partial charge on any atom is -0.399 e. The topological polar surface area (TPSA) is 64.7 Å². The normalized spacial score (nSPS) is 9.41. The van der Waals surface area contributed by atoms with Crippen molar-refractivity contribution in [2.45, 2.75) is 6.92 Å². The lowest BCUT2D eigenvalue weighted by Crippen LogP contribution is -2.00. The number of nitrogens with zero attached hydrogens (tertiary/aromatic N) is 3. The molecule has 2 rings (SSSR count). The van der Waals surface area contributed by atoms with Gasteiger partial charge in [0.15, 0.2) is 0 Å². The van der Waals surface area contributed by atoms with Crippen LogP contribution in [0.5, 0.6) is 0 Å². The average molecular weight is 242 g/mol. The Hall–Kier alpha value is -2.18. The highest BCUT2D eigenvalue weighted by atomic mass is 19.2. The third kappa shape index (κ3) is 4.45. The summed E-state index contributed by atoms with van der Waals surface area (Å²) in [6.45, 7) is 2.00. The molecule has 0 radical (unpaired) electrons. The lowest BCUT2D eigenvalue weighted by molar-refractivity contribution is 0.393. The van der Waals surface area contributed by atoms with Crippen molar-refractivity contribution in [2.24, 2.45) is 0 Å². The second-order valence-electron chi connectivity index (χ2n) is 3.00. The van der Waals surface area contributed by atoms with E-state index in [1.54, 1.807) is 0 Å². The highest BCUT2D eigenvalue weighted by Gasteiger charge is 2.01. The summed E-state index contributed by atoms with van der Waals surface area (Å²) in [4.78, 5) is 7.32. The molecule has 90 valence electrons. The van der Waals surface area contributed by atoms with E-state index in [9.17, 15) is 13.2 Å². The SMILES string of the molecule is Cc1ccccc1N.Fc1nc(F)nc(F)n1. The number of rotatable bonds is 0. The molecule has 0 amide bonds. The van der Waals surface area contributed by atoms with Crippen LogP contribution in [0, 0.1) is 25.2 Å². The first-order chi connectivity index (χ1) is 7.99. The molecule has 4 nitrogen and oxygen atoms in total. The van der Waals surface area contributed by atoms with Crippen LogP contribution >= 0.6 is 0 Å². The van der Waals surface area contributed by atoms with Crippen LogP contribution < -0.4 is 5.73 Å². The standard InChI is InChI=1S/C7H9N.C3F3N3/c1-6-4-2-3-5-7(6)8;4-1-7-2(5)9-3(6)8-1/h2-5H,8H2,1H3;. The van der Waals surface area contributed by atoms with E-state index in [1.165, 1.54) is 0 Å². The molecule has 0 saturated carbocycles. The van der Waals surface area contributed by atoms with Crippen LogP contribution in [0.2, 0.25) is 0 Å². The molecule has 0 atom stereocenters. The van der Waals surface area contributed by atoms with Gasteiger partial charge in [0.2, 0.25) is 0 Å². The molecule has 1 aromatic carbocycles. The van der Waals surface area contributed by atoms with Crippen molar-refractivity contribution in [3.63, 3.8) is 0 Å². The van der Waals surface area contributed by atoms with Crippen molar-refractivity contribution in [2.75, 3.05) is 5.73 Å². The van der Waals surface area contributed by atoms with Gasteiger partial charge in [0.05, 0.1) is 0 Å². The van der Waals surface area contributed by atoms with Crippen LogP contribution in [0.1, 0.15) is 5.56 Å². The van der Waals surface area contributed by atoms with E-state index in [-0.39, 0.29) is 0 Å². The minimum atomic E-state index is -1.46. The maximum absolute atomic E-state index is 11.7. The third-order valence-corrected chi connectivity index (χ3v) is 1.74. The summed E-state index contributed by atoms with van der Waals surface area (Å²) in [6, 6.07) is 7.80. The van der Waals surface area contributed by atoms with Crippen molar-refractivity contribution in [3.05, 3.63) is 48.1 Å². The maximum Gasteiger partial charge on any atom is 0.316 e. The molecule has 0 aliphatic carbocycles. The fourth-order valence-electron chi connectivity index (χ4n) is 0.890. The van der Waals surface area contributed by atoms with Gasteiger partial charge >= 0.3 is 18.2 Å². The Kier molecular flexibility index (Phi) is 4.38. The van der Waals surface area contributed by atoms with Crippen molar-refractivity contribution < 1.29 is 13.2 Å². The molecule has 2 N–H and O–H groups in total. The Morgan fingerprint density at radius 1 is 0.882 bits per heavy atom. The van der Waals surface area contributed by atoms with Crippen LogP contribution in [0.15, 0.2) is 24.3 Å². The zero-order valence-electron chi connectivity index (χ0n) is 8.86. The molecule has 17 heavy (non-hydrogen) atoms. The number of para-hydroxylation sites is 1. The number of aromatic nitrogens is 3. The number of nitrogen functional groups attached to an aromatic ring is 1. The van der Waals surface area contributed by atoms with Crippen LogP contribution in [0.25, 0.3) is 0 Å². The maximum atomic E-state index is 11.7. The van der Waals surface area contributed by atoms with Crippen molar-refractivity contribution in [1.29, 1.82) is 0 Å². The number of hydrogen-bond acceptors (Lipinski definition) is 4. The third-order valence-electron chi connectivity index (χ3n) is 1.74. The summed E-state index contributed by atoms with van der Waals surface area (Å²) in [7, 11) is 0. The Bertz CT molecular complexity index is 433. The van der Waals surface area contributed by atoms with Crippen LogP contribution in [-0.2, 0) is 0 Å². The monoisotopic (exact) mass is 242 g/mol. The van der Waals surface area contributed by atoms with E-state index < -0.39 is 18.2 Å². The van der Waals surface area contributed by atoms with Gasteiger partial charge in [-0.1, -0.05) is 18.2 Å². The molecular formula is C10H9F3N4. The van der Waals surface area contributed by atoms with Gasteiger partial charge in [0.1, 0.15) is 0 Å². The molecule has 2 aromatic rings. The molecule has 0 aliphatic rings. The molecule has 0 unspecified atom stereocenters. The molecule has 0 spiro atoms. The molecule has 0 fully saturated rings. The molecule has 1 aromatic heterocycles. The largest absolute Gasteiger partial charge is 0.399 e. The van der Waals surface area contributed by atoms with Crippen molar-refractivity contribution in [1.82, 2.24) is 15.0 Å². The van der Waals surface area contributed by atoms with Gasteiger partial charge in [0.25, 0.3) is 0 Å². The van der Waals surface area contributed by atoms with E-state index in [0.717, 1.165) is 11.3 Å². The second-order valence-corrected chi connectivity index (χ2v) is 3.00. The molecular weight excluding hydrogens is 233 g/mol. The fourth-order valence-corrected chi connectivity index (χ4v) is 0.890. The minimum absolute atomic E-state index is 0.868. The number of halogens is 3. The van der Waals surface area contributed by atoms with Gasteiger partial charge in [-0.25, -0.2) is 0 Å². The zero-order chi connectivity index (χ0) is 12.8. The van der Waals surface area contributed by atoms with Gasteiger partial charge in [-0.15, -0.1) is 0 Å². The quantitative estimate of drug-likeness (QED) is 0.716. The summed E-state index contributed by atoms with van der Waals surface area (Å²) in [5.74, 6) is 0. The molecule has 0 aliphatic heterocycles. The number of aryl methyl sites for hydroxylation is 1. The van der Waals surface area contributed by atoms with Gasteiger partial charge in [-0.2, -0.15) is 28.1 Å². The van der Waals surface area contributed by atoms with E-state index in [0.29, 0.717) is 0 Å². The van der Waals surface area contributed by atoms with Crippen molar-refractivity contribution in [3.8, 4) is 0 Å². The number of hydrogen-bond donors (Lipinski definition) is 1. The number of anilines is 1. The summed E-state index contributed by atoms with van der Waals surface area (Å²) in [6.07, 6.45) is -4.38. The van der Waals surface area contributed by atoms with E-state index in [1.807, 2.05) is 31.2 Å². The molecule has 0 bridgehead atoms. The lowest BCUT2D eigenvalue weighted by Gasteiger charge is -1.93. The highest BCUT2D eigenvalue weighted by molar-refractivity contribution is 5.44. The van der Waals surface area contributed by atoms with Gasteiger partial charge in [-0.3, -0.25) is 0 Å². The second kappa shape index (κ2) is 5.78. The first kappa shape index (κ1) is 12.9. The first-order valence-electron chi connectivity index (χ1n) is 4.52. The van der Waals surface area contributed by atoms with E-state index in [4.69, 9.17) is 5.73 Å². The van der Waals surface area contributed by atoms with Gasteiger partial charge < -0.3 is 5.73 Å². The lowest BCUT2D eigenvalue weighted by atomic mass is 10.2. The molecule has 1 heterocycles. The zero-order valence-corrected chi connectivity index (χ0v) is 8.86. The van der Waals surface area contributed by atoms with Gasteiger partial charge in [-0.05, 0) is 18.6 Å². The summed E-state index contributed by atoms with van der Waals surface area (Å²) in [5.41, 5.74) is 7.53. The highest BCUT2D eigenvalue weighted by Crippen LogP contribution is 2.06. The predicted molar refractivity (Wildman–Crippen MR) is 55.3 cm³/mol. The Labute approximate surface area is 95.4 Å².